The van der Waals surface area contributed by atoms with Crippen LogP contribution >= 0.6 is 12.4 Å². The molecule has 3 nitrogen and oxygen atoms in total. The summed E-state index contributed by atoms with van der Waals surface area (Å²) in [4.78, 5) is 2.62. The van der Waals surface area contributed by atoms with Gasteiger partial charge in [0.1, 0.15) is 6.23 Å². The highest BCUT2D eigenvalue weighted by Crippen LogP contribution is 2.24. The van der Waals surface area contributed by atoms with Gasteiger partial charge >= 0.3 is 0 Å². The van der Waals surface area contributed by atoms with Gasteiger partial charge in [-0.25, -0.2) is 0 Å². The number of hydrogen-bond donors (Lipinski definition) is 1. The minimum absolute atomic E-state index is 0. The summed E-state index contributed by atoms with van der Waals surface area (Å²) in [6.07, 6.45) is 4.14. The molecule has 0 aliphatic carbocycles. The third kappa shape index (κ3) is 3.33. The lowest BCUT2D eigenvalue weighted by molar-refractivity contribution is 0.0631. The highest BCUT2D eigenvalue weighted by molar-refractivity contribution is 5.85. The zero-order chi connectivity index (χ0) is 10.8. The molecule has 2 fully saturated rings. The van der Waals surface area contributed by atoms with Crippen molar-refractivity contribution < 1.29 is 4.74 Å². The van der Waals surface area contributed by atoms with Crippen LogP contribution in [0.15, 0.2) is 0 Å². The summed E-state index contributed by atoms with van der Waals surface area (Å²) in [6, 6.07) is 1.94. The molecule has 4 heteroatoms. The molecule has 96 valence electrons. The molecule has 2 heterocycles. The molecule has 0 aromatic rings. The van der Waals surface area contributed by atoms with Gasteiger partial charge in [0, 0.05) is 24.5 Å². The largest absolute Gasteiger partial charge is 0.362 e. The second-order valence-electron chi connectivity index (χ2n) is 5.25. The van der Waals surface area contributed by atoms with Crippen LogP contribution in [0.5, 0.6) is 0 Å². The first-order valence-corrected chi connectivity index (χ1v) is 6.30. The van der Waals surface area contributed by atoms with Crippen molar-refractivity contribution in [2.75, 3.05) is 13.2 Å². The summed E-state index contributed by atoms with van der Waals surface area (Å²) in [5.74, 6) is 0. The Morgan fingerprint density at radius 3 is 2.75 bits per heavy atom. The number of rotatable bonds is 3. The van der Waals surface area contributed by atoms with E-state index in [0.29, 0.717) is 18.3 Å². The molecule has 16 heavy (non-hydrogen) atoms. The van der Waals surface area contributed by atoms with E-state index in [1.807, 2.05) is 0 Å². The van der Waals surface area contributed by atoms with E-state index in [-0.39, 0.29) is 12.4 Å². The first-order chi connectivity index (χ1) is 7.16. The third-order valence-electron chi connectivity index (χ3n) is 3.59. The van der Waals surface area contributed by atoms with Crippen molar-refractivity contribution in [3.8, 4) is 0 Å². The van der Waals surface area contributed by atoms with Gasteiger partial charge in [-0.15, -0.1) is 12.4 Å². The van der Waals surface area contributed by atoms with Gasteiger partial charge in [-0.2, -0.15) is 0 Å². The van der Waals surface area contributed by atoms with E-state index in [4.69, 9.17) is 4.74 Å². The summed E-state index contributed by atoms with van der Waals surface area (Å²) in [7, 11) is 0. The van der Waals surface area contributed by atoms with Crippen LogP contribution in [0, 0.1) is 0 Å². The fourth-order valence-electron chi connectivity index (χ4n) is 2.85. The van der Waals surface area contributed by atoms with Gasteiger partial charge in [0.25, 0.3) is 0 Å². The minimum Gasteiger partial charge on any atom is -0.362 e. The average Bonchev–Trinajstić information content (AvgIpc) is 2.75. The van der Waals surface area contributed by atoms with Crippen LogP contribution in [0.3, 0.4) is 0 Å². The Bertz CT molecular complexity index is 213. The third-order valence-corrected chi connectivity index (χ3v) is 3.59. The van der Waals surface area contributed by atoms with E-state index in [0.717, 1.165) is 19.1 Å². The van der Waals surface area contributed by atoms with Crippen molar-refractivity contribution in [3.05, 3.63) is 0 Å². The second kappa shape index (κ2) is 6.20. The smallest absolute Gasteiger partial charge is 0.109 e. The molecular weight excluding hydrogens is 224 g/mol. The predicted octanol–water partition coefficient (Wildman–Crippen LogP) is 2.01. The number of ether oxygens (including phenoxy) is 1. The van der Waals surface area contributed by atoms with E-state index in [9.17, 15) is 0 Å². The lowest BCUT2D eigenvalue weighted by atomic mass is 10.1. The van der Waals surface area contributed by atoms with Crippen LogP contribution in [0.4, 0.5) is 0 Å². The molecule has 0 radical (unpaired) electrons. The minimum atomic E-state index is 0. The first-order valence-electron chi connectivity index (χ1n) is 6.30. The van der Waals surface area contributed by atoms with Crippen LogP contribution in [0.1, 0.15) is 40.0 Å². The van der Waals surface area contributed by atoms with E-state index in [1.165, 1.54) is 19.4 Å². The Labute approximate surface area is 105 Å². The summed E-state index contributed by atoms with van der Waals surface area (Å²) in [5.41, 5.74) is 0. The summed E-state index contributed by atoms with van der Waals surface area (Å²) in [6.45, 7) is 8.92. The lowest BCUT2D eigenvalue weighted by Gasteiger charge is -2.29. The topological polar surface area (TPSA) is 24.5 Å². The second-order valence-corrected chi connectivity index (χ2v) is 5.25. The van der Waals surface area contributed by atoms with Crippen molar-refractivity contribution in [3.63, 3.8) is 0 Å². The molecule has 2 aliphatic rings. The zero-order valence-corrected chi connectivity index (χ0v) is 11.4. The molecule has 0 amide bonds. The predicted molar refractivity (Wildman–Crippen MR) is 69.1 cm³/mol. The molecule has 0 bridgehead atoms. The van der Waals surface area contributed by atoms with Crippen molar-refractivity contribution in [2.24, 2.45) is 0 Å². The molecule has 0 aromatic carbocycles. The average molecular weight is 249 g/mol. The molecule has 0 saturated carbocycles. The lowest BCUT2D eigenvalue weighted by Crippen LogP contribution is -2.40. The molecule has 3 atom stereocenters. The van der Waals surface area contributed by atoms with E-state index in [1.54, 1.807) is 0 Å². The van der Waals surface area contributed by atoms with Crippen LogP contribution in [-0.4, -0.2) is 42.4 Å². The fraction of sp³-hybridized carbons (Fsp3) is 1.00. The van der Waals surface area contributed by atoms with E-state index in [2.05, 4.69) is 31.0 Å². The van der Waals surface area contributed by atoms with Crippen LogP contribution in [-0.2, 0) is 4.74 Å². The normalized spacial score (nSPS) is 35.6. The maximum absolute atomic E-state index is 5.72. The van der Waals surface area contributed by atoms with E-state index < -0.39 is 0 Å². The SMILES string of the molecule is CC1COC(CC2CCCN2C(C)C)N1.Cl. The van der Waals surface area contributed by atoms with Gasteiger partial charge in [0.2, 0.25) is 0 Å². The van der Waals surface area contributed by atoms with Gasteiger partial charge in [0.15, 0.2) is 0 Å². The summed E-state index contributed by atoms with van der Waals surface area (Å²) < 4.78 is 5.72. The molecule has 3 unspecified atom stereocenters. The van der Waals surface area contributed by atoms with Gasteiger partial charge in [0.05, 0.1) is 6.61 Å². The number of hydrogen-bond acceptors (Lipinski definition) is 3. The Kier molecular flexibility index (Phi) is 5.51. The van der Waals surface area contributed by atoms with Crippen molar-refractivity contribution in [1.82, 2.24) is 10.2 Å². The molecule has 2 rings (SSSR count). The molecule has 1 N–H and O–H groups in total. The monoisotopic (exact) mass is 248 g/mol. The van der Waals surface area contributed by atoms with E-state index >= 15 is 0 Å². The highest BCUT2D eigenvalue weighted by Gasteiger charge is 2.31. The quantitative estimate of drug-likeness (QED) is 0.827. The Hall–Kier alpha value is 0.170. The number of nitrogens with zero attached hydrogens (tertiary/aromatic N) is 1. The Balaban J connectivity index is 0.00000128. The standard InChI is InChI=1S/C12H24N2O.ClH/c1-9(2)14-6-4-5-11(14)7-12-13-10(3)8-15-12;/h9-13H,4-8H2,1-3H3;1H. The summed E-state index contributed by atoms with van der Waals surface area (Å²) >= 11 is 0. The molecule has 0 spiro atoms. The van der Waals surface area contributed by atoms with Crippen molar-refractivity contribution in [2.45, 2.75) is 64.4 Å². The molecule has 0 aromatic heterocycles. The van der Waals surface area contributed by atoms with Crippen molar-refractivity contribution in [1.29, 1.82) is 0 Å². The van der Waals surface area contributed by atoms with Gasteiger partial charge in [-0.3, -0.25) is 10.2 Å². The molecule has 2 saturated heterocycles. The van der Waals surface area contributed by atoms with Crippen LogP contribution in [0.2, 0.25) is 0 Å². The van der Waals surface area contributed by atoms with Gasteiger partial charge in [-0.05, 0) is 40.2 Å². The van der Waals surface area contributed by atoms with Crippen molar-refractivity contribution >= 4 is 12.4 Å². The molecular formula is C12H25ClN2O. The summed E-state index contributed by atoms with van der Waals surface area (Å²) in [5, 5.41) is 3.49. The zero-order valence-electron chi connectivity index (χ0n) is 10.6. The van der Waals surface area contributed by atoms with Crippen LogP contribution < -0.4 is 5.32 Å². The number of nitrogens with one attached hydrogen (secondary N) is 1. The van der Waals surface area contributed by atoms with Crippen LogP contribution in [0.25, 0.3) is 0 Å². The highest BCUT2D eigenvalue weighted by atomic mass is 35.5. The Morgan fingerprint density at radius 2 is 2.19 bits per heavy atom. The maximum atomic E-state index is 5.72. The molecule has 2 aliphatic heterocycles. The number of likely N-dealkylation sites (tertiary alicyclic amines) is 1. The Morgan fingerprint density at radius 1 is 1.44 bits per heavy atom. The van der Waals surface area contributed by atoms with Gasteiger partial charge < -0.3 is 4.74 Å². The maximum Gasteiger partial charge on any atom is 0.109 e. The first kappa shape index (κ1) is 14.2. The van der Waals surface area contributed by atoms with Gasteiger partial charge in [-0.1, -0.05) is 0 Å². The number of halogens is 1. The fourth-order valence-corrected chi connectivity index (χ4v) is 2.85.